The Hall–Kier alpha value is -2.55. The molecule has 1 aromatic carbocycles. The minimum atomic E-state index is -0.784. The molecule has 0 heterocycles. The van der Waals surface area contributed by atoms with Crippen LogP contribution in [-0.4, -0.2) is 23.9 Å². The van der Waals surface area contributed by atoms with Gasteiger partial charge in [0.05, 0.1) is 12.6 Å². The summed E-state index contributed by atoms with van der Waals surface area (Å²) in [5.41, 5.74) is 1.73. The van der Waals surface area contributed by atoms with Crippen LogP contribution in [0.4, 0.5) is 11.4 Å². The molecule has 0 bridgehead atoms. The van der Waals surface area contributed by atoms with Gasteiger partial charge in [0, 0.05) is 17.3 Å². The molecule has 2 saturated carbocycles. The Balaban J connectivity index is 1.57. The number of carbonyl (C=O) groups is 2. The number of benzene rings is 1. The minimum absolute atomic E-state index is 0.0572. The lowest BCUT2D eigenvalue weighted by molar-refractivity contribution is -0.121. The molecule has 0 aliphatic heterocycles. The van der Waals surface area contributed by atoms with Gasteiger partial charge in [-0.2, -0.15) is 5.26 Å². The van der Waals surface area contributed by atoms with Gasteiger partial charge in [0.2, 0.25) is 11.8 Å². The number of nitrogens with one attached hydrogen (secondary N) is 3. The van der Waals surface area contributed by atoms with Gasteiger partial charge >= 0.3 is 0 Å². The van der Waals surface area contributed by atoms with E-state index in [2.05, 4.69) is 22.0 Å². The molecule has 132 valence electrons. The molecule has 2 amide bonds. The third-order valence-corrected chi connectivity index (χ3v) is 4.92. The molecule has 3 rings (SSSR count). The van der Waals surface area contributed by atoms with Crippen molar-refractivity contribution in [2.24, 2.45) is 11.8 Å². The molecule has 2 aliphatic rings. The fourth-order valence-electron chi connectivity index (χ4n) is 2.87. The maximum Gasteiger partial charge on any atom is 0.240 e. The predicted octanol–water partition coefficient (Wildman–Crippen LogP) is 2.56. The molecular formula is C19H24N4O2. The first-order valence-electron chi connectivity index (χ1n) is 8.79. The van der Waals surface area contributed by atoms with Gasteiger partial charge in [0.15, 0.2) is 0 Å². The number of hydrogen-bond donors (Lipinski definition) is 3. The van der Waals surface area contributed by atoms with Gasteiger partial charge in [-0.15, -0.1) is 0 Å². The topological polar surface area (TPSA) is 94.0 Å². The van der Waals surface area contributed by atoms with Crippen molar-refractivity contribution in [3.63, 3.8) is 0 Å². The van der Waals surface area contributed by atoms with Crippen molar-refractivity contribution < 1.29 is 9.59 Å². The highest BCUT2D eigenvalue weighted by Crippen LogP contribution is 2.39. The normalized spacial score (nSPS) is 18.6. The van der Waals surface area contributed by atoms with E-state index in [4.69, 9.17) is 0 Å². The van der Waals surface area contributed by atoms with E-state index in [-0.39, 0.29) is 30.2 Å². The molecule has 2 aliphatic carbocycles. The molecule has 0 radical (unpaired) electrons. The van der Waals surface area contributed by atoms with Crippen molar-refractivity contribution in [2.75, 3.05) is 17.2 Å². The van der Waals surface area contributed by atoms with Crippen LogP contribution in [0.15, 0.2) is 18.2 Å². The van der Waals surface area contributed by atoms with Crippen molar-refractivity contribution >= 4 is 23.2 Å². The molecule has 1 aromatic rings. The number of hydrogen-bond acceptors (Lipinski definition) is 4. The summed E-state index contributed by atoms with van der Waals surface area (Å²) in [4.78, 5) is 24.1. The molecule has 6 heteroatoms. The Morgan fingerprint density at radius 3 is 2.60 bits per heavy atom. The lowest BCUT2D eigenvalue weighted by Crippen LogP contribution is -2.48. The van der Waals surface area contributed by atoms with Gasteiger partial charge < -0.3 is 16.0 Å². The van der Waals surface area contributed by atoms with E-state index in [1.54, 1.807) is 6.92 Å². The third-order valence-electron chi connectivity index (χ3n) is 4.92. The van der Waals surface area contributed by atoms with Crippen LogP contribution in [0.5, 0.6) is 0 Å². The fourth-order valence-corrected chi connectivity index (χ4v) is 2.87. The molecule has 6 nitrogen and oxygen atoms in total. The first kappa shape index (κ1) is 17.3. The quantitative estimate of drug-likeness (QED) is 0.711. The van der Waals surface area contributed by atoms with E-state index >= 15 is 0 Å². The van der Waals surface area contributed by atoms with E-state index < -0.39 is 5.54 Å². The molecule has 25 heavy (non-hydrogen) atoms. The van der Waals surface area contributed by atoms with Crippen LogP contribution in [0.25, 0.3) is 0 Å². The van der Waals surface area contributed by atoms with Crippen LogP contribution < -0.4 is 16.0 Å². The molecular weight excluding hydrogens is 316 g/mol. The second-order valence-electron chi connectivity index (χ2n) is 7.28. The van der Waals surface area contributed by atoms with Gasteiger partial charge in [-0.25, -0.2) is 0 Å². The van der Waals surface area contributed by atoms with Crippen LogP contribution in [0.2, 0.25) is 0 Å². The number of anilines is 2. The van der Waals surface area contributed by atoms with Gasteiger partial charge in [-0.1, -0.05) is 6.07 Å². The zero-order valence-electron chi connectivity index (χ0n) is 14.7. The average molecular weight is 340 g/mol. The zero-order valence-corrected chi connectivity index (χ0v) is 14.7. The van der Waals surface area contributed by atoms with Crippen molar-refractivity contribution in [2.45, 2.75) is 45.1 Å². The lowest BCUT2D eigenvalue weighted by atomic mass is 9.98. The van der Waals surface area contributed by atoms with E-state index in [1.165, 1.54) is 0 Å². The Bertz CT molecular complexity index is 731. The molecule has 1 atom stereocenters. The molecule has 0 spiro atoms. The summed E-state index contributed by atoms with van der Waals surface area (Å²) in [7, 11) is 0. The summed E-state index contributed by atoms with van der Waals surface area (Å²) in [5.74, 6) is 0.253. The number of rotatable bonds is 7. The van der Waals surface area contributed by atoms with Crippen molar-refractivity contribution in [3.8, 4) is 6.07 Å². The smallest absolute Gasteiger partial charge is 0.240 e. The Kier molecular flexibility index (Phi) is 4.67. The van der Waals surface area contributed by atoms with E-state index in [9.17, 15) is 14.9 Å². The zero-order chi connectivity index (χ0) is 18.0. The van der Waals surface area contributed by atoms with E-state index in [0.717, 1.165) is 42.6 Å². The predicted molar refractivity (Wildman–Crippen MR) is 95.9 cm³/mol. The van der Waals surface area contributed by atoms with Crippen LogP contribution >= 0.6 is 0 Å². The molecule has 2 fully saturated rings. The second-order valence-corrected chi connectivity index (χ2v) is 7.28. The summed E-state index contributed by atoms with van der Waals surface area (Å²) in [5, 5.41) is 18.2. The Labute approximate surface area is 148 Å². The molecule has 0 saturated heterocycles. The molecule has 0 unspecified atom stereocenters. The number of aryl methyl sites for hydroxylation is 1. The standard InChI is InChI=1S/C19H24N4O2/c1-12-3-8-15(22-18(25)13-4-5-13)9-16(12)21-10-17(24)23-19(2,11-20)14-6-7-14/h3,8-9,13-14,21H,4-7,10H2,1-2H3,(H,22,25)(H,23,24)/t19-/m0/s1. The number of nitriles is 1. The molecule has 0 aromatic heterocycles. The lowest BCUT2D eigenvalue weighted by Gasteiger charge is -2.23. The SMILES string of the molecule is Cc1ccc(NC(=O)C2CC2)cc1NCC(=O)N[C@@](C)(C#N)C1CC1. The van der Waals surface area contributed by atoms with Crippen LogP contribution in [0.1, 0.15) is 38.2 Å². The van der Waals surface area contributed by atoms with Crippen molar-refractivity contribution in [1.82, 2.24) is 5.32 Å². The van der Waals surface area contributed by atoms with Gasteiger partial charge in [0.1, 0.15) is 5.54 Å². The number of nitrogens with zero attached hydrogens (tertiary/aromatic N) is 1. The summed E-state index contributed by atoms with van der Waals surface area (Å²) in [6, 6.07) is 7.83. The van der Waals surface area contributed by atoms with Crippen LogP contribution in [-0.2, 0) is 9.59 Å². The monoisotopic (exact) mass is 340 g/mol. The summed E-state index contributed by atoms with van der Waals surface area (Å²) < 4.78 is 0. The summed E-state index contributed by atoms with van der Waals surface area (Å²) >= 11 is 0. The second kappa shape index (κ2) is 6.75. The average Bonchev–Trinajstić information content (AvgIpc) is 3.47. The number of amides is 2. The number of carbonyl (C=O) groups excluding carboxylic acids is 2. The first-order valence-corrected chi connectivity index (χ1v) is 8.79. The van der Waals surface area contributed by atoms with E-state index in [0.29, 0.717) is 0 Å². The highest BCUT2D eigenvalue weighted by atomic mass is 16.2. The van der Waals surface area contributed by atoms with Crippen LogP contribution in [0.3, 0.4) is 0 Å². The summed E-state index contributed by atoms with van der Waals surface area (Å²) in [6.07, 6.45) is 3.89. The molecule has 3 N–H and O–H groups in total. The summed E-state index contributed by atoms with van der Waals surface area (Å²) in [6.45, 7) is 3.81. The van der Waals surface area contributed by atoms with Gasteiger partial charge in [-0.05, 0) is 63.1 Å². The van der Waals surface area contributed by atoms with Gasteiger partial charge in [-0.3, -0.25) is 9.59 Å². The Morgan fingerprint density at radius 1 is 1.28 bits per heavy atom. The van der Waals surface area contributed by atoms with Gasteiger partial charge in [0.25, 0.3) is 0 Å². The highest BCUT2D eigenvalue weighted by molar-refractivity contribution is 5.94. The largest absolute Gasteiger partial charge is 0.376 e. The van der Waals surface area contributed by atoms with E-state index in [1.807, 2.05) is 25.1 Å². The first-order chi connectivity index (χ1) is 11.9. The minimum Gasteiger partial charge on any atom is -0.376 e. The van der Waals surface area contributed by atoms with Crippen molar-refractivity contribution in [3.05, 3.63) is 23.8 Å². The fraction of sp³-hybridized carbons (Fsp3) is 0.526. The maximum absolute atomic E-state index is 12.2. The van der Waals surface area contributed by atoms with Crippen molar-refractivity contribution in [1.29, 1.82) is 5.26 Å². The Morgan fingerprint density at radius 2 is 2.00 bits per heavy atom. The highest BCUT2D eigenvalue weighted by Gasteiger charge is 2.42. The van der Waals surface area contributed by atoms with Crippen LogP contribution in [0, 0.1) is 30.1 Å². The third kappa shape index (κ3) is 4.30. The maximum atomic E-state index is 12.2.